The molecule has 0 radical (unpaired) electrons. The van der Waals surface area contributed by atoms with Crippen molar-refractivity contribution in [2.45, 2.75) is 39.0 Å². The average molecular weight is 350 g/mol. The quantitative estimate of drug-likeness (QED) is 0.750. The first-order valence-electron chi connectivity index (χ1n) is 9.38. The Labute approximate surface area is 155 Å². The fraction of sp³-hybridized carbons (Fsp3) is 0.381. The van der Waals surface area contributed by atoms with Crippen LogP contribution in [0, 0.1) is 0 Å². The van der Waals surface area contributed by atoms with Crippen LogP contribution in [0.4, 0.5) is 11.5 Å². The smallest absolute Gasteiger partial charge is 0.278 e. The van der Waals surface area contributed by atoms with Crippen molar-refractivity contribution in [2.24, 2.45) is 0 Å². The molecule has 5 nitrogen and oxygen atoms in total. The molecular formula is C21H26N4O. The van der Waals surface area contributed by atoms with Crippen LogP contribution in [0.15, 0.2) is 54.4 Å². The first kappa shape index (κ1) is 18.1. The molecule has 0 saturated heterocycles. The number of carbonyl (C=O) groups is 1. The van der Waals surface area contributed by atoms with Crippen LogP contribution < -0.4 is 10.2 Å². The minimum absolute atomic E-state index is 0.134. The second-order valence-electron chi connectivity index (χ2n) is 6.46. The molecule has 1 aliphatic carbocycles. The summed E-state index contributed by atoms with van der Waals surface area (Å²) in [6.45, 7) is 3.38. The molecule has 1 aromatic heterocycles. The summed E-state index contributed by atoms with van der Waals surface area (Å²) in [5.74, 6) is 0.575. The molecule has 26 heavy (non-hydrogen) atoms. The number of anilines is 2. The van der Waals surface area contributed by atoms with Gasteiger partial charge in [0, 0.05) is 18.8 Å². The Kier molecular flexibility index (Phi) is 6.36. The summed E-state index contributed by atoms with van der Waals surface area (Å²) >= 11 is 0. The molecule has 1 heterocycles. The van der Waals surface area contributed by atoms with Gasteiger partial charge in [-0.3, -0.25) is 4.79 Å². The van der Waals surface area contributed by atoms with Crippen LogP contribution in [0.25, 0.3) is 0 Å². The molecule has 1 N–H and O–H groups in total. The van der Waals surface area contributed by atoms with Gasteiger partial charge in [-0.05, 0) is 51.2 Å². The average Bonchev–Trinajstić information content (AvgIpc) is 2.71. The van der Waals surface area contributed by atoms with Crippen molar-refractivity contribution >= 4 is 17.4 Å². The number of benzene rings is 1. The highest BCUT2D eigenvalue weighted by Crippen LogP contribution is 2.20. The SMILES string of the molecule is CCN(C(=O)c1cnc(NCCC2=CCCCC2)cn1)c1ccccc1. The normalized spacial score (nSPS) is 13.8. The molecule has 0 bridgehead atoms. The molecule has 1 aliphatic rings. The number of carbonyl (C=O) groups excluding carboxylic acids is 1. The van der Waals surface area contributed by atoms with Crippen LogP contribution in [0.3, 0.4) is 0 Å². The number of hydrogen-bond acceptors (Lipinski definition) is 4. The number of nitrogens with one attached hydrogen (secondary N) is 1. The predicted octanol–water partition coefficient (Wildman–Crippen LogP) is 4.45. The van der Waals surface area contributed by atoms with E-state index in [0.717, 1.165) is 18.7 Å². The van der Waals surface area contributed by atoms with Crippen molar-refractivity contribution < 1.29 is 4.79 Å². The summed E-state index contributed by atoms with van der Waals surface area (Å²) in [5.41, 5.74) is 2.76. The lowest BCUT2D eigenvalue weighted by Gasteiger charge is -2.20. The van der Waals surface area contributed by atoms with Gasteiger partial charge in [0.2, 0.25) is 0 Å². The number of para-hydroxylation sites is 1. The minimum atomic E-state index is -0.134. The van der Waals surface area contributed by atoms with Gasteiger partial charge in [-0.15, -0.1) is 0 Å². The second-order valence-corrected chi connectivity index (χ2v) is 6.46. The van der Waals surface area contributed by atoms with Gasteiger partial charge < -0.3 is 10.2 Å². The van der Waals surface area contributed by atoms with Crippen molar-refractivity contribution in [2.75, 3.05) is 23.3 Å². The third-order valence-electron chi connectivity index (χ3n) is 4.64. The van der Waals surface area contributed by atoms with Gasteiger partial charge in [0.25, 0.3) is 5.91 Å². The first-order chi connectivity index (χ1) is 12.8. The molecule has 0 spiro atoms. The lowest BCUT2D eigenvalue weighted by Crippen LogP contribution is -2.31. The highest BCUT2D eigenvalue weighted by molar-refractivity contribution is 6.04. The lowest BCUT2D eigenvalue weighted by molar-refractivity contribution is 0.0983. The van der Waals surface area contributed by atoms with Gasteiger partial charge in [0.1, 0.15) is 11.5 Å². The number of nitrogens with zero attached hydrogens (tertiary/aromatic N) is 3. The molecule has 0 saturated carbocycles. The zero-order chi connectivity index (χ0) is 18.2. The summed E-state index contributed by atoms with van der Waals surface area (Å²) in [6, 6.07) is 9.62. The van der Waals surface area contributed by atoms with Crippen LogP contribution in [-0.4, -0.2) is 29.0 Å². The number of rotatable bonds is 7. The van der Waals surface area contributed by atoms with E-state index in [2.05, 4.69) is 21.4 Å². The Hall–Kier alpha value is -2.69. The maximum absolute atomic E-state index is 12.7. The van der Waals surface area contributed by atoms with Gasteiger partial charge in [0.15, 0.2) is 0 Å². The van der Waals surface area contributed by atoms with E-state index in [-0.39, 0.29) is 5.91 Å². The monoisotopic (exact) mass is 350 g/mol. The molecule has 0 atom stereocenters. The number of allylic oxidation sites excluding steroid dienone is 1. The number of aromatic nitrogens is 2. The Bertz CT molecular complexity index is 740. The van der Waals surface area contributed by atoms with Crippen molar-refractivity contribution in [3.05, 3.63) is 60.1 Å². The largest absolute Gasteiger partial charge is 0.368 e. The molecule has 1 amide bonds. The molecule has 0 aliphatic heterocycles. The van der Waals surface area contributed by atoms with Crippen molar-refractivity contribution in [3.63, 3.8) is 0 Å². The molecular weight excluding hydrogens is 324 g/mol. The van der Waals surface area contributed by atoms with Gasteiger partial charge in [-0.25, -0.2) is 9.97 Å². The van der Waals surface area contributed by atoms with E-state index < -0.39 is 0 Å². The molecule has 136 valence electrons. The van der Waals surface area contributed by atoms with E-state index in [1.54, 1.807) is 17.3 Å². The van der Waals surface area contributed by atoms with Crippen molar-refractivity contribution in [3.8, 4) is 0 Å². The van der Waals surface area contributed by atoms with Crippen LogP contribution in [0.1, 0.15) is 49.5 Å². The summed E-state index contributed by atoms with van der Waals surface area (Å²) in [7, 11) is 0. The van der Waals surface area contributed by atoms with Gasteiger partial charge >= 0.3 is 0 Å². The zero-order valence-electron chi connectivity index (χ0n) is 15.3. The molecule has 3 rings (SSSR count). The number of amides is 1. The molecule has 2 aromatic rings. The van der Waals surface area contributed by atoms with Crippen LogP contribution in [-0.2, 0) is 0 Å². The molecule has 1 aromatic carbocycles. The molecule has 0 fully saturated rings. The van der Waals surface area contributed by atoms with Crippen LogP contribution >= 0.6 is 0 Å². The van der Waals surface area contributed by atoms with Crippen molar-refractivity contribution in [1.82, 2.24) is 9.97 Å². The van der Waals surface area contributed by atoms with Crippen LogP contribution in [0.2, 0.25) is 0 Å². The predicted molar refractivity (Wildman–Crippen MR) is 105 cm³/mol. The molecule has 0 unspecified atom stereocenters. The van der Waals surface area contributed by atoms with E-state index in [1.807, 2.05) is 37.3 Å². The number of hydrogen-bond donors (Lipinski definition) is 1. The topological polar surface area (TPSA) is 58.1 Å². The Morgan fingerprint density at radius 1 is 1.15 bits per heavy atom. The maximum atomic E-state index is 12.7. The second kappa shape index (κ2) is 9.13. The van der Waals surface area contributed by atoms with E-state index in [9.17, 15) is 4.79 Å². The minimum Gasteiger partial charge on any atom is -0.368 e. The Balaban J connectivity index is 1.57. The fourth-order valence-corrected chi connectivity index (χ4v) is 3.20. The summed E-state index contributed by atoms with van der Waals surface area (Å²) in [4.78, 5) is 23.1. The van der Waals surface area contributed by atoms with Crippen LogP contribution in [0.5, 0.6) is 0 Å². The first-order valence-corrected chi connectivity index (χ1v) is 9.38. The van der Waals surface area contributed by atoms with Gasteiger partial charge in [0.05, 0.1) is 12.4 Å². The summed E-state index contributed by atoms with van der Waals surface area (Å²) < 4.78 is 0. The molecule has 5 heteroatoms. The van der Waals surface area contributed by atoms with E-state index in [4.69, 9.17) is 0 Å². The van der Waals surface area contributed by atoms with E-state index >= 15 is 0 Å². The zero-order valence-corrected chi connectivity index (χ0v) is 15.3. The fourth-order valence-electron chi connectivity index (χ4n) is 3.20. The Morgan fingerprint density at radius 2 is 2.00 bits per heavy atom. The third kappa shape index (κ3) is 4.69. The summed E-state index contributed by atoms with van der Waals surface area (Å²) in [6.07, 6.45) is 11.6. The maximum Gasteiger partial charge on any atom is 0.278 e. The lowest BCUT2D eigenvalue weighted by atomic mass is 9.97. The highest BCUT2D eigenvalue weighted by Gasteiger charge is 2.17. The van der Waals surface area contributed by atoms with E-state index in [1.165, 1.54) is 31.3 Å². The van der Waals surface area contributed by atoms with Gasteiger partial charge in [-0.1, -0.05) is 29.8 Å². The standard InChI is InChI=1S/C21H26N4O/c1-2-25(18-11-7-4-8-12-18)21(26)19-15-24-20(16-23-19)22-14-13-17-9-5-3-6-10-17/h4,7-9,11-12,15-16H,2-3,5-6,10,13-14H2,1H3,(H,22,24). The summed E-state index contributed by atoms with van der Waals surface area (Å²) in [5, 5.41) is 3.29. The van der Waals surface area contributed by atoms with Gasteiger partial charge in [-0.2, -0.15) is 0 Å². The Morgan fingerprint density at radius 3 is 2.65 bits per heavy atom. The highest BCUT2D eigenvalue weighted by atomic mass is 16.2. The van der Waals surface area contributed by atoms with Crippen molar-refractivity contribution in [1.29, 1.82) is 0 Å². The van der Waals surface area contributed by atoms with E-state index in [0.29, 0.717) is 18.1 Å². The third-order valence-corrected chi connectivity index (χ3v) is 4.64.